The molecule has 5 heteroatoms. The van der Waals surface area contributed by atoms with Gasteiger partial charge in [0.25, 0.3) is 0 Å². The molecule has 92 valence electrons. The van der Waals surface area contributed by atoms with Crippen molar-refractivity contribution in [2.45, 2.75) is 25.3 Å². The molecule has 2 aromatic rings. The number of hydrogen-bond donors (Lipinski definition) is 2. The molecule has 4 nitrogen and oxygen atoms in total. The molecule has 1 saturated carbocycles. The van der Waals surface area contributed by atoms with Gasteiger partial charge in [-0.15, -0.1) is 0 Å². The Bertz CT molecular complexity index is 589. The first-order valence-electron chi connectivity index (χ1n) is 6.06. The quantitative estimate of drug-likeness (QED) is 0.828. The molecule has 18 heavy (non-hydrogen) atoms. The molecule has 0 saturated heterocycles. The van der Waals surface area contributed by atoms with Crippen molar-refractivity contribution < 1.29 is 0 Å². The second-order valence-electron chi connectivity index (χ2n) is 4.47. The summed E-state index contributed by atoms with van der Waals surface area (Å²) in [5.41, 5.74) is 1.00. The van der Waals surface area contributed by atoms with E-state index in [2.05, 4.69) is 20.3 Å². The SMILES string of the molecule is S=c1cc(NCc2ccccn2)[nH]c(C2CC2)n1. The van der Waals surface area contributed by atoms with E-state index in [0.29, 0.717) is 17.1 Å². The molecule has 0 bridgehead atoms. The summed E-state index contributed by atoms with van der Waals surface area (Å²) in [6.45, 7) is 0.681. The normalized spacial score (nSPS) is 14.4. The summed E-state index contributed by atoms with van der Waals surface area (Å²) in [6, 6.07) is 7.73. The molecule has 0 atom stereocenters. The maximum atomic E-state index is 5.18. The number of pyridine rings is 1. The number of hydrogen-bond acceptors (Lipinski definition) is 4. The number of nitrogens with zero attached hydrogens (tertiary/aromatic N) is 2. The van der Waals surface area contributed by atoms with Gasteiger partial charge in [-0.2, -0.15) is 0 Å². The highest BCUT2D eigenvalue weighted by molar-refractivity contribution is 7.71. The Labute approximate surface area is 111 Å². The Hall–Kier alpha value is -1.75. The van der Waals surface area contributed by atoms with Gasteiger partial charge >= 0.3 is 0 Å². The zero-order valence-electron chi connectivity index (χ0n) is 9.89. The van der Waals surface area contributed by atoms with Crippen LogP contribution in [0.3, 0.4) is 0 Å². The molecule has 2 aromatic heterocycles. The number of nitrogens with one attached hydrogen (secondary N) is 2. The first-order valence-corrected chi connectivity index (χ1v) is 6.47. The van der Waals surface area contributed by atoms with Gasteiger partial charge in [0.15, 0.2) is 0 Å². The Morgan fingerprint density at radius 1 is 1.39 bits per heavy atom. The van der Waals surface area contributed by atoms with E-state index in [9.17, 15) is 0 Å². The molecule has 2 heterocycles. The molecule has 0 aliphatic heterocycles. The second kappa shape index (κ2) is 4.86. The van der Waals surface area contributed by atoms with E-state index in [1.54, 1.807) is 6.20 Å². The standard InChI is InChI=1S/C13H14N4S/c18-12-7-11(16-13(17-12)9-4-5-9)15-8-10-3-1-2-6-14-10/h1-3,6-7,9H,4-5,8H2,(H2,15,16,17,18). The number of H-pyrrole nitrogens is 1. The van der Waals surface area contributed by atoms with Crippen molar-refractivity contribution in [2.24, 2.45) is 0 Å². The molecule has 0 aromatic carbocycles. The van der Waals surface area contributed by atoms with Gasteiger partial charge in [0.2, 0.25) is 0 Å². The minimum atomic E-state index is 0.573. The van der Waals surface area contributed by atoms with Crippen molar-refractivity contribution >= 4 is 18.0 Å². The van der Waals surface area contributed by atoms with Crippen molar-refractivity contribution in [1.82, 2.24) is 15.0 Å². The van der Waals surface area contributed by atoms with Crippen LogP contribution in [0.5, 0.6) is 0 Å². The largest absolute Gasteiger partial charge is 0.366 e. The predicted molar refractivity (Wildman–Crippen MR) is 73.0 cm³/mol. The third kappa shape index (κ3) is 2.73. The number of aromatic nitrogens is 3. The fourth-order valence-electron chi connectivity index (χ4n) is 1.81. The zero-order valence-corrected chi connectivity index (χ0v) is 10.7. The third-order valence-corrected chi connectivity index (χ3v) is 3.12. The lowest BCUT2D eigenvalue weighted by molar-refractivity contribution is 0.911. The van der Waals surface area contributed by atoms with Crippen LogP contribution in [0.2, 0.25) is 0 Å². The van der Waals surface area contributed by atoms with Gasteiger partial charge in [-0.25, -0.2) is 4.98 Å². The maximum absolute atomic E-state index is 5.18. The first-order chi connectivity index (χ1) is 8.81. The molecular weight excluding hydrogens is 244 g/mol. The highest BCUT2D eigenvalue weighted by Crippen LogP contribution is 2.38. The van der Waals surface area contributed by atoms with Crippen LogP contribution in [0.1, 0.15) is 30.3 Å². The highest BCUT2D eigenvalue weighted by Gasteiger charge is 2.25. The lowest BCUT2D eigenvalue weighted by Gasteiger charge is -2.07. The minimum Gasteiger partial charge on any atom is -0.366 e. The van der Waals surface area contributed by atoms with Crippen LogP contribution in [0.4, 0.5) is 5.82 Å². The van der Waals surface area contributed by atoms with E-state index in [4.69, 9.17) is 12.2 Å². The summed E-state index contributed by atoms with van der Waals surface area (Å²) in [4.78, 5) is 11.9. The molecule has 0 amide bonds. The van der Waals surface area contributed by atoms with Crippen LogP contribution in [0, 0.1) is 4.64 Å². The van der Waals surface area contributed by atoms with Crippen LogP contribution >= 0.6 is 12.2 Å². The Morgan fingerprint density at radius 2 is 2.28 bits per heavy atom. The Kier molecular flexibility index (Phi) is 3.06. The minimum absolute atomic E-state index is 0.573. The highest BCUT2D eigenvalue weighted by atomic mass is 32.1. The van der Waals surface area contributed by atoms with Crippen molar-refractivity contribution in [3.8, 4) is 0 Å². The van der Waals surface area contributed by atoms with Gasteiger partial charge in [-0.05, 0) is 25.0 Å². The van der Waals surface area contributed by atoms with Crippen LogP contribution in [0.25, 0.3) is 0 Å². The van der Waals surface area contributed by atoms with Crippen LogP contribution in [0.15, 0.2) is 30.5 Å². The summed E-state index contributed by atoms with van der Waals surface area (Å²) < 4.78 is 0.638. The fourth-order valence-corrected chi connectivity index (χ4v) is 2.03. The second-order valence-corrected chi connectivity index (χ2v) is 4.89. The summed E-state index contributed by atoms with van der Waals surface area (Å²) in [5.74, 6) is 2.50. The number of rotatable bonds is 4. The van der Waals surface area contributed by atoms with Crippen molar-refractivity contribution in [2.75, 3.05) is 5.32 Å². The van der Waals surface area contributed by atoms with E-state index in [1.165, 1.54) is 12.8 Å². The summed E-state index contributed by atoms with van der Waals surface area (Å²) >= 11 is 5.18. The van der Waals surface area contributed by atoms with E-state index < -0.39 is 0 Å². The predicted octanol–water partition coefficient (Wildman–Crippen LogP) is 3.02. The molecular formula is C13H14N4S. The van der Waals surface area contributed by atoms with Gasteiger partial charge in [0, 0.05) is 18.2 Å². The Morgan fingerprint density at radius 3 is 3.00 bits per heavy atom. The van der Waals surface area contributed by atoms with Gasteiger partial charge in [-0.3, -0.25) is 4.98 Å². The lowest BCUT2D eigenvalue weighted by atomic mass is 10.3. The molecule has 1 aliphatic carbocycles. The zero-order chi connectivity index (χ0) is 12.4. The van der Waals surface area contributed by atoms with Crippen LogP contribution < -0.4 is 5.32 Å². The smallest absolute Gasteiger partial charge is 0.131 e. The van der Waals surface area contributed by atoms with Crippen molar-refractivity contribution in [1.29, 1.82) is 0 Å². The summed E-state index contributed by atoms with van der Waals surface area (Å²) in [7, 11) is 0. The molecule has 3 rings (SSSR count). The lowest BCUT2D eigenvalue weighted by Crippen LogP contribution is -2.05. The van der Waals surface area contributed by atoms with Gasteiger partial charge < -0.3 is 10.3 Å². The average Bonchev–Trinajstić information content (AvgIpc) is 3.21. The van der Waals surface area contributed by atoms with Crippen LogP contribution in [-0.2, 0) is 6.54 Å². The van der Waals surface area contributed by atoms with Crippen molar-refractivity contribution in [3.05, 3.63) is 46.6 Å². The molecule has 1 fully saturated rings. The summed E-state index contributed by atoms with van der Waals surface area (Å²) in [5, 5.41) is 3.30. The summed E-state index contributed by atoms with van der Waals surface area (Å²) in [6.07, 6.45) is 4.21. The topological polar surface area (TPSA) is 53.6 Å². The van der Waals surface area contributed by atoms with Gasteiger partial charge in [-0.1, -0.05) is 18.3 Å². The van der Waals surface area contributed by atoms with Crippen LogP contribution in [-0.4, -0.2) is 15.0 Å². The van der Waals surface area contributed by atoms with E-state index in [-0.39, 0.29) is 0 Å². The number of aromatic amines is 1. The molecule has 0 spiro atoms. The monoisotopic (exact) mass is 258 g/mol. The molecule has 0 radical (unpaired) electrons. The molecule has 2 N–H and O–H groups in total. The fraction of sp³-hybridized carbons (Fsp3) is 0.308. The molecule has 1 aliphatic rings. The number of anilines is 1. The first kappa shape index (κ1) is 11.3. The van der Waals surface area contributed by atoms with Gasteiger partial charge in [0.1, 0.15) is 16.3 Å². The maximum Gasteiger partial charge on any atom is 0.131 e. The van der Waals surface area contributed by atoms with E-state index >= 15 is 0 Å². The average molecular weight is 258 g/mol. The third-order valence-electron chi connectivity index (χ3n) is 2.91. The van der Waals surface area contributed by atoms with Crippen molar-refractivity contribution in [3.63, 3.8) is 0 Å². The Balaban J connectivity index is 1.74. The van der Waals surface area contributed by atoms with E-state index in [0.717, 1.165) is 17.3 Å². The van der Waals surface area contributed by atoms with E-state index in [1.807, 2.05) is 24.3 Å². The van der Waals surface area contributed by atoms with Gasteiger partial charge in [0.05, 0.1) is 12.2 Å². The molecule has 0 unspecified atom stereocenters.